The van der Waals surface area contributed by atoms with Gasteiger partial charge in [0.25, 0.3) is 0 Å². The van der Waals surface area contributed by atoms with Crippen LogP contribution in [0, 0.1) is 18.3 Å². The minimum Gasteiger partial charge on any atom is -0.319 e. The van der Waals surface area contributed by atoms with Gasteiger partial charge in [-0.25, -0.2) is 4.98 Å². The van der Waals surface area contributed by atoms with E-state index in [1.165, 1.54) is 28.4 Å². The smallest absolute Gasteiger partial charge is 0.113 e. The van der Waals surface area contributed by atoms with E-state index in [0.717, 1.165) is 25.2 Å². The molecule has 1 aliphatic carbocycles. The molecule has 1 fully saturated rings. The fourth-order valence-corrected chi connectivity index (χ4v) is 4.34. The van der Waals surface area contributed by atoms with E-state index in [4.69, 9.17) is 10.7 Å². The van der Waals surface area contributed by atoms with Crippen LogP contribution < -0.4 is 5.73 Å². The second kappa shape index (κ2) is 5.17. The molecule has 1 aromatic heterocycles. The fraction of sp³-hybridized carbons (Fsp3) is 0.812. The second-order valence-electron chi connectivity index (χ2n) is 7.17. The average molecular weight is 280 g/mol. The van der Waals surface area contributed by atoms with E-state index in [0.29, 0.717) is 5.41 Å². The molecule has 0 spiro atoms. The van der Waals surface area contributed by atoms with Crippen molar-refractivity contribution in [1.82, 2.24) is 4.98 Å². The zero-order valence-corrected chi connectivity index (χ0v) is 13.9. The Morgan fingerprint density at radius 2 is 1.89 bits per heavy atom. The lowest BCUT2D eigenvalue weighted by atomic mass is 9.68. The predicted octanol–water partition coefficient (Wildman–Crippen LogP) is 4.40. The number of aromatic nitrogens is 1. The SMILES string of the molecule is CCc1nc(C2(N)CCC(C(C)(C)C)CC2)sc1C. The van der Waals surface area contributed by atoms with Crippen LogP contribution in [-0.4, -0.2) is 4.98 Å². The first kappa shape index (κ1) is 15.0. The quantitative estimate of drug-likeness (QED) is 0.872. The predicted molar refractivity (Wildman–Crippen MR) is 83.5 cm³/mol. The van der Waals surface area contributed by atoms with Gasteiger partial charge in [0, 0.05) is 4.88 Å². The lowest BCUT2D eigenvalue weighted by molar-refractivity contribution is 0.133. The number of thiazole rings is 1. The molecule has 108 valence electrons. The van der Waals surface area contributed by atoms with E-state index in [-0.39, 0.29) is 5.54 Å². The summed E-state index contributed by atoms with van der Waals surface area (Å²) in [6.45, 7) is 11.4. The van der Waals surface area contributed by atoms with Crippen LogP contribution in [0.15, 0.2) is 0 Å². The number of hydrogen-bond acceptors (Lipinski definition) is 3. The van der Waals surface area contributed by atoms with Gasteiger partial charge in [0.1, 0.15) is 5.01 Å². The third-order valence-electron chi connectivity index (χ3n) is 4.76. The highest BCUT2D eigenvalue weighted by Crippen LogP contribution is 2.45. The van der Waals surface area contributed by atoms with Crippen molar-refractivity contribution in [2.75, 3.05) is 0 Å². The van der Waals surface area contributed by atoms with Crippen LogP contribution in [0.4, 0.5) is 0 Å². The van der Waals surface area contributed by atoms with Crippen LogP contribution in [0.25, 0.3) is 0 Å². The Balaban J connectivity index is 2.13. The molecule has 2 rings (SSSR count). The number of aryl methyl sites for hydroxylation is 2. The lowest BCUT2D eigenvalue weighted by Crippen LogP contribution is -2.42. The average Bonchev–Trinajstić information content (AvgIpc) is 2.70. The van der Waals surface area contributed by atoms with Gasteiger partial charge >= 0.3 is 0 Å². The van der Waals surface area contributed by atoms with E-state index in [1.807, 2.05) is 11.3 Å². The Labute approximate surface area is 121 Å². The van der Waals surface area contributed by atoms with E-state index in [9.17, 15) is 0 Å². The summed E-state index contributed by atoms with van der Waals surface area (Å²) in [6, 6.07) is 0. The van der Waals surface area contributed by atoms with Gasteiger partial charge in [0.2, 0.25) is 0 Å². The molecule has 2 N–H and O–H groups in total. The zero-order chi connectivity index (χ0) is 14.3. The number of rotatable bonds is 2. The molecular weight excluding hydrogens is 252 g/mol. The molecule has 1 aliphatic rings. The summed E-state index contributed by atoms with van der Waals surface area (Å²) in [5.41, 5.74) is 8.16. The van der Waals surface area contributed by atoms with E-state index in [2.05, 4.69) is 34.6 Å². The first-order valence-corrected chi connectivity index (χ1v) is 8.33. The Bertz CT molecular complexity index is 434. The number of hydrogen-bond donors (Lipinski definition) is 1. The van der Waals surface area contributed by atoms with Crippen molar-refractivity contribution in [3.8, 4) is 0 Å². The largest absolute Gasteiger partial charge is 0.319 e. The number of nitrogens with two attached hydrogens (primary N) is 1. The molecule has 1 aromatic rings. The van der Waals surface area contributed by atoms with Gasteiger partial charge in [0.05, 0.1) is 11.2 Å². The Hall–Kier alpha value is -0.410. The maximum absolute atomic E-state index is 6.67. The van der Waals surface area contributed by atoms with Crippen molar-refractivity contribution in [2.24, 2.45) is 17.1 Å². The van der Waals surface area contributed by atoms with Crippen molar-refractivity contribution in [3.05, 3.63) is 15.6 Å². The Kier molecular flexibility index (Phi) is 4.08. The molecule has 0 aromatic carbocycles. The van der Waals surface area contributed by atoms with Gasteiger partial charge in [-0.3, -0.25) is 0 Å². The molecule has 0 radical (unpaired) electrons. The molecule has 1 saturated carbocycles. The minimum absolute atomic E-state index is 0.162. The highest BCUT2D eigenvalue weighted by molar-refractivity contribution is 7.11. The van der Waals surface area contributed by atoms with E-state index in [1.54, 1.807) is 0 Å². The molecule has 0 amide bonds. The first-order valence-electron chi connectivity index (χ1n) is 7.52. The topological polar surface area (TPSA) is 38.9 Å². The first-order chi connectivity index (χ1) is 8.76. The molecule has 0 unspecified atom stereocenters. The normalized spacial score (nSPS) is 28.6. The summed E-state index contributed by atoms with van der Waals surface area (Å²) in [5.74, 6) is 0.802. The summed E-state index contributed by atoms with van der Waals surface area (Å²) >= 11 is 1.82. The summed E-state index contributed by atoms with van der Waals surface area (Å²) in [4.78, 5) is 6.15. The van der Waals surface area contributed by atoms with Crippen molar-refractivity contribution < 1.29 is 0 Å². The zero-order valence-electron chi connectivity index (χ0n) is 13.0. The van der Waals surface area contributed by atoms with Crippen LogP contribution in [-0.2, 0) is 12.0 Å². The Morgan fingerprint density at radius 1 is 1.32 bits per heavy atom. The maximum Gasteiger partial charge on any atom is 0.113 e. The van der Waals surface area contributed by atoms with Crippen LogP contribution >= 0.6 is 11.3 Å². The van der Waals surface area contributed by atoms with Crippen molar-refractivity contribution >= 4 is 11.3 Å². The van der Waals surface area contributed by atoms with Gasteiger partial charge in [0.15, 0.2) is 0 Å². The van der Waals surface area contributed by atoms with Crippen molar-refractivity contribution in [3.63, 3.8) is 0 Å². The summed E-state index contributed by atoms with van der Waals surface area (Å²) in [7, 11) is 0. The van der Waals surface area contributed by atoms with Crippen LogP contribution in [0.1, 0.15) is 69.0 Å². The van der Waals surface area contributed by atoms with Gasteiger partial charge in [-0.15, -0.1) is 11.3 Å². The standard InChI is InChI=1S/C16H28N2S/c1-6-13-11(2)19-14(18-13)16(17)9-7-12(8-10-16)15(3,4)5/h12H,6-10,17H2,1-5H3. The van der Waals surface area contributed by atoms with Gasteiger partial charge in [-0.1, -0.05) is 27.7 Å². The maximum atomic E-state index is 6.67. The minimum atomic E-state index is -0.162. The fourth-order valence-electron chi connectivity index (χ4n) is 3.18. The monoisotopic (exact) mass is 280 g/mol. The van der Waals surface area contributed by atoms with Crippen LogP contribution in [0.5, 0.6) is 0 Å². The van der Waals surface area contributed by atoms with E-state index < -0.39 is 0 Å². The highest BCUT2D eigenvalue weighted by Gasteiger charge is 2.39. The molecule has 19 heavy (non-hydrogen) atoms. The molecular formula is C16H28N2S. The van der Waals surface area contributed by atoms with Gasteiger partial charge < -0.3 is 5.73 Å². The van der Waals surface area contributed by atoms with Gasteiger partial charge in [-0.2, -0.15) is 0 Å². The summed E-state index contributed by atoms with van der Waals surface area (Å²) < 4.78 is 0. The van der Waals surface area contributed by atoms with Crippen LogP contribution in [0.3, 0.4) is 0 Å². The molecule has 0 atom stereocenters. The number of nitrogens with zero attached hydrogens (tertiary/aromatic N) is 1. The van der Waals surface area contributed by atoms with Gasteiger partial charge in [-0.05, 0) is 50.4 Å². The molecule has 2 nitrogen and oxygen atoms in total. The van der Waals surface area contributed by atoms with Crippen molar-refractivity contribution in [1.29, 1.82) is 0 Å². The summed E-state index contributed by atoms with van der Waals surface area (Å²) in [5, 5.41) is 1.18. The summed E-state index contributed by atoms with van der Waals surface area (Å²) in [6.07, 6.45) is 5.67. The molecule has 0 saturated heterocycles. The molecule has 1 heterocycles. The molecule has 0 bridgehead atoms. The lowest BCUT2D eigenvalue weighted by Gasteiger charge is -2.41. The van der Waals surface area contributed by atoms with Crippen molar-refractivity contribution in [2.45, 2.75) is 72.3 Å². The third kappa shape index (κ3) is 3.03. The van der Waals surface area contributed by atoms with E-state index >= 15 is 0 Å². The highest BCUT2D eigenvalue weighted by atomic mass is 32.1. The Morgan fingerprint density at radius 3 is 2.32 bits per heavy atom. The third-order valence-corrected chi connectivity index (χ3v) is 5.99. The molecule has 3 heteroatoms. The molecule has 0 aliphatic heterocycles. The second-order valence-corrected chi connectivity index (χ2v) is 8.38. The van der Waals surface area contributed by atoms with Crippen LogP contribution in [0.2, 0.25) is 0 Å².